The van der Waals surface area contributed by atoms with E-state index in [4.69, 9.17) is 0 Å². The topological polar surface area (TPSA) is 58.2 Å². The third kappa shape index (κ3) is 2.30. The summed E-state index contributed by atoms with van der Waals surface area (Å²) in [5.41, 5.74) is 0. The number of rotatable bonds is 0. The van der Waals surface area contributed by atoms with E-state index < -0.39 is 10.0 Å². The van der Waals surface area contributed by atoms with E-state index in [9.17, 15) is 8.42 Å². The molecule has 2 N–H and O–H groups in total. The summed E-state index contributed by atoms with van der Waals surface area (Å²) in [7, 11) is -2.93. The van der Waals surface area contributed by atoms with Crippen molar-refractivity contribution in [1.29, 1.82) is 0 Å². The fourth-order valence-corrected chi connectivity index (χ4v) is 1.67. The van der Waals surface area contributed by atoms with Crippen molar-refractivity contribution in [1.82, 2.24) is 10.0 Å². The third-order valence-corrected chi connectivity index (χ3v) is 2.56. The van der Waals surface area contributed by atoms with Gasteiger partial charge < -0.3 is 5.32 Å². The van der Waals surface area contributed by atoms with E-state index in [0.717, 1.165) is 6.54 Å². The van der Waals surface area contributed by atoms with E-state index >= 15 is 0 Å². The van der Waals surface area contributed by atoms with E-state index in [1.54, 1.807) is 0 Å². The van der Waals surface area contributed by atoms with Crippen LogP contribution in [0.25, 0.3) is 0 Å². The first-order valence-electron chi connectivity index (χ1n) is 2.89. The van der Waals surface area contributed by atoms with Crippen LogP contribution in [0.2, 0.25) is 0 Å². The molecule has 0 bridgehead atoms. The molecule has 0 radical (unpaired) electrons. The maximum atomic E-state index is 10.7. The molecule has 1 heterocycles. The van der Waals surface area contributed by atoms with Gasteiger partial charge in [0.25, 0.3) is 0 Å². The van der Waals surface area contributed by atoms with Gasteiger partial charge in [-0.15, -0.1) is 0 Å². The third-order valence-electron chi connectivity index (χ3n) is 1.17. The van der Waals surface area contributed by atoms with Gasteiger partial charge in [0, 0.05) is 19.6 Å². The highest BCUT2D eigenvalue weighted by Gasteiger charge is 2.10. The van der Waals surface area contributed by atoms with Crippen LogP contribution in [0.1, 0.15) is 0 Å². The lowest BCUT2D eigenvalue weighted by atomic mass is 10.6. The fraction of sp³-hybridized carbons (Fsp3) is 1.00. The zero-order valence-corrected chi connectivity index (χ0v) is 5.87. The van der Waals surface area contributed by atoms with E-state index in [1.807, 2.05) is 0 Å². The summed E-state index contributed by atoms with van der Waals surface area (Å²) in [4.78, 5) is 0. The molecule has 0 spiro atoms. The molecule has 0 aromatic heterocycles. The highest BCUT2D eigenvalue weighted by molar-refractivity contribution is 7.89. The number of hydrogen-bond acceptors (Lipinski definition) is 3. The molecular weight excluding hydrogens is 140 g/mol. The van der Waals surface area contributed by atoms with Crippen molar-refractivity contribution < 1.29 is 8.42 Å². The lowest BCUT2D eigenvalue weighted by molar-refractivity contribution is 0.586. The molecule has 1 rings (SSSR count). The molecule has 0 amide bonds. The molecule has 0 unspecified atom stereocenters. The maximum absolute atomic E-state index is 10.7. The van der Waals surface area contributed by atoms with Crippen molar-refractivity contribution in [2.24, 2.45) is 0 Å². The minimum absolute atomic E-state index is 0.201. The van der Waals surface area contributed by atoms with Crippen molar-refractivity contribution in [2.75, 3.05) is 25.4 Å². The minimum atomic E-state index is -2.93. The molecule has 0 aromatic carbocycles. The van der Waals surface area contributed by atoms with Gasteiger partial charge in [-0.05, 0) is 0 Å². The molecule has 54 valence electrons. The van der Waals surface area contributed by atoms with Gasteiger partial charge in [0.1, 0.15) is 0 Å². The smallest absolute Gasteiger partial charge is 0.212 e. The Morgan fingerprint density at radius 2 is 1.89 bits per heavy atom. The number of hydrogen-bond donors (Lipinski definition) is 2. The second-order valence-electron chi connectivity index (χ2n) is 1.96. The van der Waals surface area contributed by atoms with Crippen molar-refractivity contribution >= 4 is 10.0 Å². The van der Waals surface area contributed by atoms with Crippen molar-refractivity contribution in [3.63, 3.8) is 0 Å². The predicted molar refractivity (Wildman–Crippen MR) is 34.7 cm³/mol. The van der Waals surface area contributed by atoms with Crippen LogP contribution in [0, 0.1) is 0 Å². The molecule has 5 heteroatoms. The molecular formula is C4H10N2O2S. The maximum Gasteiger partial charge on any atom is 0.212 e. The van der Waals surface area contributed by atoms with Gasteiger partial charge >= 0.3 is 0 Å². The van der Waals surface area contributed by atoms with Gasteiger partial charge in [-0.3, -0.25) is 0 Å². The second-order valence-corrected chi connectivity index (χ2v) is 3.89. The Bertz CT molecular complexity index is 161. The molecule has 1 saturated heterocycles. The summed E-state index contributed by atoms with van der Waals surface area (Å²) < 4.78 is 23.9. The SMILES string of the molecule is O=S1(=O)CCNCCN1. The molecule has 0 atom stereocenters. The van der Waals surface area contributed by atoms with Crippen LogP contribution in [0.15, 0.2) is 0 Å². The lowest BCUT2D eigenvalue weighted by Crippen LogP contribution is -2.26. The zero-order valence-electron chi connectivity index (χ0n) is 5.05. The number of sulfonamides is 1. The summed E-state index contributed by atoms with van der Waals surface area (Å²) in [5, 5.41) is 2.96. The molecule has 1 fully saturated rings. The summed E-state index contributed by atoms with van der Waals surface area (Å²) in [6, 6.07) is 0. The van der Waals surface area contributed by atoms with Gasteiger partial charge in [-0.2, -0.15) is 0 Å². The second kappa shape index (κ2) is 2.64. The largest absolute Gasteiger partial charge is 0.314 e. The van der Waals surface area contributed by atoms with Gasteiger partial charge in [-0.25, -0.2) is 13.1 Å². The Morgan fingerprint density at radius 1 is 1.11 bits per heavy atom. The van der Waals surface area contributed by atoms with E-state index in [-0.39, 0.29) is 5.75 Å². The van der Waals surface area contributed by atoms with Gasteiger partial charge in [0.15, 0.2) is 0 Å². The molecule has 1 aliphatic rings. The zero-order chi connectivity index (χ0) is 6.74. The Kier molecular flexibility index (Phi) is 2.05. The Labute approximate surface area is 54.7 Å². The average molecular weight is 150 g/mol. The van der Waals surface area contributed by atoms with Crippen LogP contribution >= 0.6 is 0 Å². The Hall–Kier alpha value is -0.130. The first-order valence-corrected chi connectivity index (χ1v) is 4.54. The van der Waals surface area contributed by atoms with Crippen LogP contribution in [0.3, 0.4) is 0 Å². The standard InChI is InChI=1S/C4H10N2O2S/c7-9(8)4-3-5-1-2-6-9/h5-6H,1-4H2. The lowest BCUT2D eigenvalue weighted by Gasteiger charge is -1.96. The predicted octanol–water partition coefficient (Wildman–Crippen LogP) is -1.49. The number of nitrogens with one attached hydrogen (secondary N) is 2. The van der Waals surface area contributed by atoms with Crippen molar-refractivity contribution in [3.8, 4) is 0 Å². The van der Waals surface area contributed by atoms with Crippen LogP contribution < -0.4 is 10.0 Å². The van der Waals surface area contributed by atoms with Gasteiger partial charge in [0.2, 0.25) is 10.0 Å². The molecule has 0 aromatic rings. The van der Waals surface area contributed by atoms with Crippen LogP contribution in [0.4, 0.5) is 0 Å². The van der Waals surface area contributed by atoms with E-state index in [2.05, 4.69) is 10.0 Å². The molecule has 4 nitrogen and oxygen atoms in total. The van der Waals surface area contributed by atoms with Crippen LogP contribution in [0.5, 0.6) is 0 Å². The first-order chi connectivity index (χ1) is 4.21. The highest BCUT2D eigenvalue weighted by atomic mass is 32.2. The van der Waals surface area contributed by atoms with Crippen LogP contribution in [-0.4, -0.2) is 33.8 Å². The summed E-state index contributed by atoms with van der Waals surface area (Å²) in [6.07, 6.45) is 0. The Balaban J connectivity index is 2.56. The summed E-state index contributed by atoms with van der Waals surface area (Å²) in [6.45, 7) is 1.82. The first kappa shape index (κ1) is 6.98. The highest BCUT2D eigenvalue weighted by Crippen LogP contribution is 1.84. The molecule has 9 heavy (non-hydrogen) atoms. The fourth-order valence-electron chi connectivity index (χ4n) is 0.699. The summed E-state index contributed by atoms with van der Waals surface area (Å²) >= 11 is 0. The Morgan fingerprint density at radius 3 is 2.67 bits per heavy atom. The average Bonchev–Trinajstić information content (AvgIpc) is 1.92. The van der Waals surface area contributed by atoms with Gasteiger partial charge in [0.05, 0.1) is 5.75 Å². The van der Waals surface area contributed by atoms with Crippen molar-refractivity contribution in [3.05, 3.63) is 0 Å². The molecule has 0 aliphatic carbocycles. The minimum Gasteiger partial charge on any atom is -0.314 e. The normalized spacial score (nSPS) is 27.1. The van der Waals surface area contributed by atoms with Crippen LogP contribution in [-0.2, 0) is 10.0 Å². The van der Waals surface area contributed by atoms with E-state index in [1.165, 1.54) is 0 Å². The molecule has 0 saturated carbocycles. The van der Waals surface area contributed by atoms with Crippen molar-refractivity contribution in [2.45, 2.75) is 0 Å². The molecule has 1 aliphatic heterocycles. The summed E-state index contributed by atoms with van der Waals surface area (Å²) in [5.74, 6) is 0.201. The quantitative estimate of drug-likeness (QED) is 0.442. The van der Waals surface area contributed by atoms with E-state index in [0.29, 0.717) is 13.1 Å². The monoisotopic (exact) mass is 150 g/mol. The van der Waals surface area contributed by atoms with Gasteiger partial charge in [-0.1, -0.05) is 0 Å².